The molecule has 0 aromatic carbocycles. The minimum absolute atomic E-state index is 0.0752. The van der Waals surface area contributed by atoms with Crippen LogP contribution in [0.4, 0.5) is 0 Å². The molecule has 1 rings (SSSR count). The van der Waals surface area contributed by atoms with Crippen molar-refractivity contribution < 1.29 is 58.3 Å². The summed E-state index contributed by atoms with van der Waals surface area (Å²) in [6.07, 6.45) is 18.7. The normalized spacial score (nSPS) is 23.9. The fourth-order valence-electron chi connectivity index (χ4n) is 6.30. The first-order valence-corrected chi connectivity index (χ1v) is 22.0. The Labute approximate surface area is 314 Å². The van der Waals surface area contributed by atoms with E-state index in [9.17, 15) is 39.8 Å². The number of carbonyl (C=O) groups is 1. The highest BCUT2D eigenvalue weighted by molar-refractivity contribution is 7.47. The van der Waals surface area contributed by atoms with Gasteiger partial charge in [-0.15, -0.1) is 0 Å². The number of aliphatic hydroxyl groups is 5. The number of hydrogen-bond donors (Lipinski definition) is 6. The van der Waals surface area contributed by atoms with Crippen LogP contribution in [0.3, 0.4) is 0 Å². The topological polar surface area (TPSA) is 192 Å². The third-order valence-corrected chi connectivity index (χ3v) is 10.6. The van der Waals surface area contributed by atoms with Crippen LogP contribution < -0.4 is 0 Å². The van der Waals surface area contributed by atoms with Gasteiger partial charge < -0.3 is 39.9 Å². The van der Waals surface area contributed by atoms with Gasteiger partial charge in [0.05, 0.1) is 13.2 Å². The molecule has 6 atom stereocenters. The maximum Gasteiger partial charge on any atom is 0.472 e. The molecule has 0 heterocycles. The Hall–Kier alpha value is -0.920. The van der Waals surface area contributed by atoms with Crippen LogP contribution in [0.5, 0.6) is 0 Å². The first kappa shape index (κ1) is 49.1. The van der Waals surface area contributed by atoms with E-state index >= 15 is 0 Å². The number of aliphatic hydroxyl groups excluding tert-OH is 5. The van der Waals surface area contributed by atoms with Crippen LogP contribution in [0.1, 0.15) is 168 Å². The highest BCUT2D eigenvalue weighted by Crippen LogP contribution is 2.47. The molecule has 308 valence electrons. The molecule has 0 spiro atoms. The molecule has 0 aromatic heterocycles. The zero-order valence-corrected chi connectivity index (χ0v) is 33.3. The zero-order chi connectivity index (χ0) is 38.5. The first-order valence-electron chi connectivity index (χ1n) is 20.5. The summed E-state index contributed by atoms with van der Waals surface area (Å²) in [5, 5.41) is 50.0. The summed E-state index contributed by atoms with van der Waals surface area (Å²) in [5.74, 6) is -0.487. The fourth-order valence-corrected chi connectivity index (χ4v) is 7.27. The molecule has 0 amide bonds. The number of rotatable bonds is 34. The second kappa shape index (κ2) is 31.3. The van der Waals surface area contributed by atoms with Gasteiger partial charge in [0.2, 0.25) is 0 Å². The summed E-state index contributed by atoms with van der Waals surface area (Å²) in [6.45, 7) is 4.18. The molecule has 6 N–H and O–H groups in total. The lowest BCUT2D eigenvalue weighted by molar-refractivity contribution is -0.220. The van der Waals surface area contributed by atoms with E-state index in [2.05, 4.69) is 26.0 Å². The van der Waals surface area contributed by atoms with Crippen molar-refractivity contribution in [3.63, 3.8) is 0 Å². The minimum atomic E-state index is -5.00. The van der Waals surface area contributed by atoms with E-state index in [0.717, 1.165) is 64.2 Å². The maximum atomic E-state index is 12.7. The van der Waals surface area contributed by atoms with E-state index in [1.807, 2.05) is 0 Å². The third-order valence-electron chi connectivity index (χ3n) is 9.62. The van der Waals surface area contributed by atoms with Gasteiger partial charge in [-0.25, -0.2) is 4.57 Å². The van der Waals surface area contributed by atoms with E-state index in [4.69, 9.17) is 18.5 Å². The van der Waals surface area contributed by atoms with Crippen LogP contribution in [0, 0.1) is 0 Å². The molecule has 12 nitrogen and oxygen atoms in total. The van der Waals surface area contributed by atoms with Gasteiger partial charge in [-0.2, -0.15) is 0 Å². The largest absolute Gasteiger partial charge is 0.472 e. The molecular formula is C39H75O12P. The quantitative estimate of drug-likeness (QED) is 0.0167. The molecule has 0 saturated heterocycles. The summed E-state index contributed by atoms with van der Waals surface area (Å²) in [4.78, 5) is 23.0. The van der Waals surface area contributed by atoms with Gasteiger partial charge in [0, 0.05) is 13.0 Å². The van der Waals surface area contributed by atoms with Crippen molar-refractivity contribution in [1.82, 2.24) is 0 Å². The highest BCUT2D eigenvalue weighted by atomic mass is 31.2. The van der Waals surface area contributed by atoms with Gasteiger partial charge in [0.15, 0.2) is 0 Å². The van der Waals surface area contributed by atoms with Gasteiger partial charge in [-0.1, -0.05) is 142 Å². The summed E-state index contributed by atoms with van der Waals surface area (Å²) < 4.78 is 34.0. The highest BCUT2D eigenvalue weighted by Gasteiger charge is 2.51. The third kappa shape index (κ3) is 23.8. The molecule has 1 saturated carbocycles. The van der Waals surface area contributed by atoms with Gasteiger partial charge >= 0.3 is 13.8 Å². The number of allylic oxidation sites excluding steroid dienone is 2. The number of hydrogen-bond acceptors (Lipinski definition) is 11. The van der Waals surface area contributed by atoms with Crippen molar-refractivity contribution >= 4 is 13.8 Å². The van der Waals surface area contributed by atoms with Crippen LogP contribution >= 0.6 is 7.82 Å². The lowest BCUT2D eigenvalue weighted by Crippen LogP contribution is -2.64. The Bertz CT molecular complexity index is 921. The van der Waals surface area contributed by atoms with E-state index in [0.29, 0.717) is 13.0 Å². The summed E-state index contributed by atoms with van der Waals surface area (Å²) in [7, 11) is -5.00. The molecule has 0 aromatic rings. The molecule has 52 heavy (non-hydrogen) atoms. The van der Waals surface area contributed by atoms with Crippen molar-refractivity contribution in [1.29, 1.82) is 0 Å². The number of unbranched alkanes of at least 4 members (excludes halogenated alkanes) is 20. The number of phosphoric ester groups is 1. The predicted molar refractivity (Wildman–Crippen MR) is 203 cm³/mol. The van der Waals surface area contributed by atoms with Crippen LogP contribution in [-0.2, 0) is 27.9 Å². The van der Waals surface area contributed by atoms with Crippen molar-refractivity contribution in [3.05, 3.63) is 12.2 Å². The number of esters is 1. The van der Waals surface area contributed by atoms with E-state index in [-0.39, 0.29) is 13.0 Å². The Morgan fingerprint density at radius 3 is 1.60 bits per heavy atom. The molecule has 1 fully saturated rings. The molecule has 1 aliphatic rings. The smallest absolute Gasteiger partial charge is 0.457 e. The molecule has 0 radical (unpaired) electrons. The van der Waals surface area contributed by atoms with E-state index < -0.39 is 63.1 Å². The maximum absolute atomic E-state index is 12.7. The van der Waals surface area contributed by atoms with E-state index in [1.54, 1.807) is 0 Å². The Morgan fingerprint density at radius 2 is 1.06 bits per heavy atom. The van der Waals surface area contributed by atoms with Gasteiger partial charge in [0.1, 0.15) is 42.7 Å². The predicted octanol–water partition coefficient (Wildman–Crippen LogP) is 7.19. The monoisotopic (exact) mass is 766 g/mol. The van der Waals surface area contributed by atoms with Crippen LogP contribution in [0.15, 0.2) is 12.2 Å². The summed E-state index contributed by atoms with van der Waals surface area (Å²) in [5.41, 5.74) is 0. The molecular weight excluding hydrogens is 691 g/mol. The second-order valence-electron chi connectivity index (χ2n) is 14.5. The Kier molecular flexibility index (Phi) is 29.6. The number of phosphoric acid groups is 1. The van der Waals surface area contributed by atoms with Crippen LogP contribution in [0.25, 0.3) is 0 Å². The van der Waals surface area contributed by atoms with E-state index in [1.165, 1.54) is 77.0 Å². The van der Waals surface area contributed by atoms with Gasteiger partial charge in [-0.05, 0) is 32.1 Å². The van der Waals surface area contributed by atoms with Crippen molar-refractivity contribution in [2.75, 3.05) is 19.8 Å². The lowest BCUT2D eigenvalue weighted by atomic mass is 9.85. The fraction of sp³-hybridized carbons (Fsp3) is 0.923. The summed E-state index contributed by atoms with van der Waals surface area (Å²) in [6, 6.07) is 0. The van der Waals surface area contributed by atoms with Gasteiger partial charge in [0.25, 0.3) is 0 Å². The average Bonchev–Trinajstić information content (AvgIpc) is 3.12. The van der Waals surface area contributed by atoms with Crippen molar-refractivity contribution in [3.8, 4) is 0 Å². The average molecular weight is 767 g/mol. The molecule has 13 heteroatoms. The lowest BCUT2D eigenvalue weighted by Gasteiger charge is -2.41. The standard InChI is InChI=1S/C39H75O12P/c1-3-5-7-9-11-13-15-16-17-18-19-21-23-25-27-29-48-30-32(50-33(40)28-26-24-22-20-14-12-10-8-6-4-2)31-49-52(46,47)51-39-37(44)35(42)34(41)36(43)38(39)45/h8,10,32,34-39,41-45H,3-7,9,11-31H2,1-2H3,(H,46,47)/b10-8-. The zero-order valence-electron chi connectivity index (χ0n) is 32.4. The number of ether oxygens (including phenoxy) is 2. The first-order chi connectivity index (χ1) is 25.0. The van der Waals surface area contributed by atoms with Crippen LogP contribution in [0.2, 0.25) is 0 Å². The molecule has 6 unspecified atom stereocenters. The SMILES string of the molecule is CCC/C=C\CCCCCCCC(=O)OC(COCCCCCCCCCCCCCCCCC)COP(=O)(O)OC1C(O)C(O)C(O)C(O)C1O. The Balaban J connectivity index is 2.43. The van der Waals surface area contributed by atoms with Crippen molar-refractivity contribution in [2.24, 2.45) is 0 Å². The molecule has 1 aliphatic carbocycles. The van der Waals surface area contributed by atoms with Gasteiger partial charge in [-0.3, -0.25) is 13.8 Å². The Morgan fingerprint density at radius 1 is 0.596 bits per heavy atom. The molecule has 0 aliphatic heterocycles. The molecule has 0 bridgehead atoms. The summed E-state index contributed by atoms with van der Waals surface area (Å²) >= 11 is 0. The minimum Gasteiger partial charge on any atom is -0.457 e. The number of carbonyl (C=O) groups excluding carboxylic acids is 1. The van der Waals surface area contributed by atoms with Crippen LogP contribution in [-0.4, -0.2) is 98.9 Å². The second-order valence-corrected chi connectivity index (χ2v) is 15.9. The van der Waals surface area contributed by atoms with Crippen molar-refractivity contribution in [2.45, 2.75) is 211 Å².